The van der Waals surface area contributed by atoms with E-state index in [0.29, 0.717) is 17.3 Å². The van der Waals surface area contributed by atoms with E-state index < -0.39 is 5.92 Å². The number of nitrogens with one attached hydrogen (secondary N) is 1. The van der Waals surface area contributed by atoms with Crippen molar-refractivity contribution in [1.29, 1.82) is 0 Å². The number of rotatable bonds is 3. The third-order valence-corrected chi connectivity index (χ3v) is 6.36. The molecule has 0 bridgehead atoms. The van der Waals surface area contributed by atoms with Crippen LogP contribution in [0.4, 0.5) is 8.78 Å². The van der Waals surface area contributed by atoms with Crippen LogP contribution in [0.25, 0.3) is 10.9 Å². The predicted molar refractivity (Wildman–Crippen MR) is 111 cm³/mol. The molecule has 0 spiro atoms. The molecule has 2 aromatic rings. The number of halogens is 2. The molecule has 2 saturated heterocycles. The fourth-order valence-electron chi connectivity index (χ4n) is 4.36. The van der Waals surface area contributed by atoms with Gasteiger partial charge >= 0.3 is 0 Å². The second kappa shape index (κ2) is 7.98. The van der Waals surface area contributed by atoms with Gasteiger partial charge in [0.15, 0.2) is 0 Å². The fraction of sp³-hybridized carbons (Fsp3) is 0.545. The van der Waals surface area contributed by atoms with Crippen LogP contribution in [-0.2, 0) is 0 Å². The molecule has 8 heteroatoms. The minimum atomic E-state index is -2.69. The van der Waals surface area contributed by atoms with Gasteiger partial charge in [-0.25, -0.2) is 8.78 Å². The molecular weight excluding hydrogens is 390 g/mol. The summed E-state index contributed by atoms with van der Waals surface area (Å²) in [4.78, 5) is 34.2. The van der Waals surface area contributed by atoms with Gasteiger partial charge in [0.25, 0.3) is 17.7 Å². The number of benzene rings is 1. The van der Waals surface area contributed by atoms with E-state index in [-0.39, 0.29) is 37.7 Å². The number of fused-ring (bicyclic) bond motifs is 1. The van der Waals surface area contributed by atoms with Gasteiger partial charge in [0, 0.05) is 61.5 Å². The third kappa shape index (κ3) is 4.19. The van der Waals surface area contributed by atoms with Crippen molar-refractivity contribution in [3.8, 4) is 0 Å². The van der Waals surface area contributed by atoms with Crippen LogP contribution >= 0.6 is 0 Å². The molecule has 2 aliphatic rings. The van der Waals surface area contributed by atoms with Crippen molar-refractivity contribution >= 4 is 22.7 Å². The number of hydrogen-bond acceptors (Lipinski definition) is 3. The molecule has 1 aromatic carbocycles. The number of hydrogen-bond donors (Lipinski definition) is 1. The van der Waals surface area contributed by atoms with Gasteiger partial charge in [0.1, 0.15) is 5.69 Å². The number of aromatic amines is 1. The quantitative estimate of drug-likeness (QED) is 0.833. The van der Waals surface area contributed by atoms with Crippen LogP contribution in [0, 0.1) is 0 Å². The first-order chi connectivity index (χ1) is 14.2. The summed E-state index contributed by atoms with van der Waals surface area (Å²) < 4.78 is 26.7. The summed E-state index contributed by atoms with van der Waals surface area (Å²) in [6, 6.07) is 7.59. The minimum Gasteiger partial charge on any atom is -0.351 e. The highest BCUT2D eigenvalue weighted by Crippen LogP contribution is 2.29. The summed E-state index contributed by atoms with van der Waals surface area (Å²) >= 11 is 0. The molecule has 0 unspecified atom stereocenters. The lowest BCUT2D eigenvalue weighted by Gasteiger charge is -2.35. The van der Waals surface area contributed by atoms with Crippen molar-refractivity contribution < 1.29 is 18.4 Å². The fourth-order valence-corrected chi connectivity index (χ4v) is 4.36. The molecule has 0 aliphatic carbocycles. The van der Waals surface area contributed by atoms with Crippen molar-refractivity contribution in [2.24, 2.45) is 0 Å². The molecule has 4 rings (SSSR count). The van der Waals surface area contributed by atoms with E-state index in [4.69, 9.17) is 0 Å². The molecular formula is C22H28F2N4O2. The first-order valence-electron chi connectivity index (χ1n) is 10.5. The van der Waals surface area contributed by atoms with E-state index >= 15 is 0 Å². The Morgan fingerprint density at radius 1 is 1.00 bits per heavy atom. The number of alkyl halides is 2. The summed E-state index contributed by atoms with van der Waals surface area (Å²) in [5.74, 6) is -2.96. The van der Waals surface area contributed by atoms with E-state index in [9.17, 15) is 18.4 Å². The lowest BCUT2D eigenvalue weighted by Crippen LogP contribution is -2.44. The van der Waals surface area contributed by atoms with E-state index in [1.54, 1.807) is 24.3 Å². The van der Waals surface area contributed by atoms with Gasteiger partial charge in [0.2, 0.25) is 0 Å². The SMILES string of the molecule is CN(C)C1CCN(C(=O)c2ccc3[nH]c(C(=O)N4CCC(F)(F)CC4)cc3c2)CC1. The molecule has 0 atom stereocenters. The smallest absolute Gasteiger partial charge is 0.270 e. The maximum absolute atomic E-state index is 13.4. The zero-order valence-electron chi connectivity index (χ0n) is 17.5. The van der Waals surface area contributed by atoms with Crippen LogP contribution in [0.1, 0.15) is 46.5 Å². The van der Waals surface area contributed by atoms with Gasteiger partial charge in [0.05, 0.1) is 0 Å². The van der Waals surface area contributed by atoms with Crippen molar-refractivity contribution in [1.82, 2.24) is 19.7 Å². The van der Waals surface area contributed by atoms with Gasteiger partial charge in [-0.05, 0) is 51.2 Å². The number of aromatic nitrogens is 1. The number of H-pyrrole nitrogens is 1. The largest absolute Gasteiger partial charge is 0.351 e. The molecule has 162 valence electrons. The normalized spacial score (nSPS) is 20.2. The third-order valence-electron chi connectivity index (χ3n) is 6.36. The highest BCUT2D eigenvalue weighted by molar-refractivity contribution is 6.01. The lowest BCUT2D eigenvalue weighted by molar-refractivity contribution is -0.0495. The number of piperidine rings is 2. The van der Waals surface area contributed by atoms with E-state index in [0.717, 1.165) is 36.8 Å². The zero-order chi connectivity index (χ0) is 21.5. The van der Waals surface area contributed by atoms with Crippen LogP contribution in [-0.4, -0.2) is 83.7 Å². The molecule has 0 saturated carbocycles. The average Bonchev–Trinajstić information content (AvgIpc) is 3.16. The van der Waals surface area contributed by atoms with Crippen molar-refractivity contribution in [2.45, 2.75) is 37.6 Å². The Balaban J connectivity index is 1.46. The first-order valence-corrected chi connectivity index (χ1v) is 10.5. The van der Waals surface area contributed by atoms with E-state index in [2.05, 4.69) is 24.0 Å². The van der Waals surface area contributed by atoms with Gasteiger partial charge < -0.3 is 19.7 Å². The Labute approximate surface area is 174 Å². The molecule has 2 fully saturated rings. The molecule has 2 aliphatic heterocycles. The van der Waals surface area contributed by atoms with Crippen molar-refractivity contribution in [3.05, 3.63) is 35.5 Å². The van der Waals surface area contributed by atoms with Crippen LogP contribution in [0.3, 0.4) is 0 Å². The summed E-state index contributed by atoms with van der Waals surface area (Å²) in [5, 5.41) is 0.773. The number of nitrogens with zero attached hydrogens (tertiary/aromatic N) is 3. The Morgan fingerprint density at radius 3 is 2.27 bits per heavy atom. The maximum Gasteiger partial charge on any atom is 0.270 e. The highest BCUT2D eigenvalue weighted by atomic mass is 19.3. The van der Waals surface area contributed by atoms with Gasteiger partial charge in [-0.1, -0.05) is 0 Å². The highest BCUT2D eigenvalue weighted by Gasteiger charge is 2.36. The number of amides is 2. The Hall–Kier alpha value is -2.48. The Kier molecular flexibility index (Phi) is 5.53. The van der Waals surface area contributed by atoms with Gasteiger partial charge in [-0.2, -0.15) is 0 Å². The van der Waals surface area contributed by atoms with Crippen LogP contribution in [0.15, 0.2) is 24.3 Å². The lowest BCUT2D eigenvalue weighted by atomic mass is 10.0. The molecule has 30 heavy (non-hydrogen) atoms. The maximum atomic E-state index is 13.4. The summed E-state index contributed by atoms with van der Waals surface area (Å²) in [6.07, 6.45) is 1.31. The molecule has 3 heterocycles. The minimum absolute atomic E-state index is 0.00134. The van der Waals surface area contributed by atoms with Gasteiger partial charge in [-0.15, -0.1) is 0 Å². The summed E-state index contributed by atoms with van der Waals surface area (Å²) in [7, 11) is 4.13. The van der Waals surface area contributed by atoms with Crippen LogP contribution < -0.4 is 0 Å². The molecule has 1 N–H and O–H groups in total. The van der Waals surface area contributed by atoms with Crippen LogP contribution in [0.2, 0.25) is 0 Å². The van der Waals surface area contributed by atoms with Crippen molar-refractivity contribution in [2.75, 3.05) is 40.3 Å². The monoisotopic (exact) mass is 418 g/mol. The molecule has 2 amide bonds. The number of carbonyl (C=O) groups is 2. The topological polar surface area (TPSA) is 59.7 Å². The van der Waals surface area contributed by atoms with Crippen molar-refractivity contribution in [3.63, 3.8) is 0 Å². The molecule has 1 aromatic heterocycles. The molecule has 0 radical (unpaired) electrons. The number of likely N-dealkylation sites (tertiary alicyclic amines) is 2. The predicted octanol–water partition coefficient (Wildman–Crippen LogP) is 3.21. The molecule has 6 nitrogen and oxygen atoms in total. The second-order valence-electron chi connectivity index (χ2n) is 8.62. The van der Waals surface area contributed by atoms with Crippen LogP contribution in [0.5, 0.6) is 0 Å². The standard InChI is InChI=1S/C22H28F2N4O2/c1-26(2)17-5-9-27(10-6-17)20(29)15-3-4-18-16(13-15)14-19(25-18)21(30)28-11-7-22(23,24)8-12-28/h3-4,13-14,17,25H,5-12H2,1-2H3. The van der Waals surface area contributed by atoms with E-state index in [1.165, 1.54) is 4.90 Å². The Bertz CT molecular complexity index is 938. The second-order valence-corrected chi connectivity index (χ2v) is 8.62. The van der Waals surface area contributed by atoms with E-state index in [1.807, 2.05) is 4.90 Å². The van der Waals surface area contributed by atoms with Gasteiger partial charge in [-0.3, -0.25) is 9.59 Å². The zero-order valence-corrected chi connectivity index (χ0v) is 17.5. The Morgan fingerprint density at radius 2 is 1.63 bits per heavy atom. The summed E-state index contributed by atoms with van der Waals surface area (Å²) in [6.45, 7) is 1.56. The summed E-state index contributed by atoms with van der Waals surface area (Å²) in [5.41, 5.74) is 1.72. The number of carbonyl (C=O) groups excluding carboxylic acids is 2. The average molecular weight is 418 g/mol. The first kappa shape index (κ1) is 20.8.